The molecule has 0 aliphatic heterocycles. The van der Waals surface area contributed by atoms with Gasteiger partial charge in [0.15, 0.2) is 0 Å². The number of rotatable bonds is 5. The minimum atomic E-state index is -0.919. The summed E-state index contributed by atoms with van der Waals surface area (Å²) < 4.78 is 1.85. The fourth-order valence-corrected chi connectivity index (χ4v) is 2.64. The number of aliphatic hydroxyl groups is 1. The van der Waals surface area contributed by atoms with Crippen LogP contribution in [0.3, 0.4) is 0 Å². The molecule has 0 atom stereocenters. The third-order valence-corrected chi connectivity index (χ3v) is 3.66. The second-order valence-electron chi connectivity index (χ2n) is 5.35. The summed E-state index contributed by atoms with van der Waals surface area (Å²) in [4.78, 5) is 11.5. The van der Waals surface area contributed by atoms with Crippen LogP contribution in [0.1, 0.15) is 48.2 Å². The first-order chi connectivity index (χ1) is 9.49. The van der Waals surface area contributed by atoms with Crippen LogP contribution in [0, 0.1) is 0 Å². The lowest BCUT2D eigenvalue weighted by atomic mass is 9.98. The van der Waals surface area contributed by atoms with Crippen LogP contribution in [0.2, 0.25) is 0 Å². The molecule has 0 unspecified atom stereocenters. The predicted octanol–water partition coefficient (Wildman–Crippen LogP) is 3.02. The molecule has 0 spiro atoms. The Morgan fingerprint density at radius 2 is 2.05 bits per heavy atom. The summed E-state index contributed by atoms with van der Waals surface area (Å²) in [5.74, 6) is -0.607. The summed E-state index contributed by atoms with van der Waals surface area (Å²) in [5, 5.41) is 19.6. The average molecular weight is 275 g/mol. The summed E-state index contributed by atoms with van der Waals surface area (Å²) in [7, 11) is 0. The molecule has 2 aromatic rings. The van der Waals surface area contributed by atoms with Crippen molar-refractivity contribution < 1.29 is 15.0 Å². The number of aryl methyl sites for hydroxylation is 1. The number of aromatic nitrogens is 1. The molecule has 0 aliphatic carbocycles. The monoisotopic (exact) mass is 275 g/mol. The van der Waals surface area contributed by atoms with Crippen LogP contribution >= 0.6 is 0 Å². The van der Waals surface area contributed by atoms with Crippen molar-refractivity contribution in [2.45, 2.75) is 39.7 Å². The van der Waals surface area contributed by atoms with E-state index in [1.54, 1.807) is 6.07 Å². The van der Waals surface area contributed by atoms with E-state index in [9.17, 15) is 15.0 Å². The molecular formula is C16H21NO3. The minimum absolute atomic E-state index is 0.00406. The number of benzene rings is 1. The third-order valence-electron chi connectivity index (χ3n) is 3.66. The van der Waals surface area contributed by atoms with E-state index in [0.29, 0.717) is 23.5 Å². The van der Waals surface area contributed by atoms with Gasteiger partial charge in [0, 0.05) is 18.1 Å². The second-order valence-corrected chi connectivity index (χ2v) is 5.35. The smallest absolute Gasteiger partial charge is 0.337 e. The molecule has 2 N–H and O–H groups in total. The molecular weight excluding hydrogens is 254 g/mol. The van der Waals surface area contributed by atoms with Crippen LogP contribution < -0.4 is 0 Å². The molecule has 108 valence electrons. The molecule has 20 heavy (non-hydrogen) atoms. The zero-order valence-corrected chi connectivity index (χ0v) is 12.2. The Labute approximate surface area is 118 Å². The number of carbonyl (C=O) groups is 1. The number of hydrogen-bond acceptors (Lipinski definition) is 2. The van der Waals surface area contributed by atoms with Crippen molar-refractivity contribution in [3.05, 3.63) is 35.0 Å². The van der Waals surface area contributed by atoms with Gasteiger partial charge in [-0.3, -0.25) is 0 Å². The molecule has 0 bridgehead atoms. The normalized spacial score (nSPS) is 11.4. The SMILES string of the molecule is CCc1cc(C(=O)O)c2c(c1)c(C(C)C)cn2CCO. The van der Waals surface area contributed by atoms with Gasteiger partial charge in [-0.15, -0.1) is 0 Å². The van der Waals surface area contributed by atoms with Crippen LogP contribution in [0.25, 0.3) is 10.9 Å². The van der Waals surface area contributed by atoms with Crippen molar-refractivity contribution >= 4 is 16.9 Å². The largest absolute Gasteiger partial charge is 0.478 e. The van der Waals surface area contributed by atoms with Gasteiger partial charge in [-0.2, -0.15) is 0 Å². The molecule has 0 fully saturated rings. The van der Waals surface area contributed by atoms with Crippen molar-refractivity contribution in [3.63, 3.8) is 0 Å². The van der Waals surface area contributed by atoms with Gasteiger partial charge in [0.1, 0.15) is 0 Å². The summed E-state index contributed by atoms with van der Waals surface area (Å²) in [6.45, 7) is 6.62. The molecule has 2 rings (SSSR count). The lowest BCUT2D eigenvalue weighted by molar-refractivity contribution is 0.0698. The van der Waals surface area contributed by atoms with Gasteiger partial charge >= 0.3 is 5.97 Å². The third kappa shape index (κ3) is 2.43. The van der Waals surface area contributed by atoms with Crippen molar-refractivity contribution in [1.82, 2.24) is 4.57 Å². The molecule has 1 aromatic carbocycles. The summed E-state index contributed by atoms with van der Waals surface area (Å²) >= 11 is 0. The lowest BCUT2D eigenvalue weighted by Gasteiger charge is -2.08. The maximum atomic E-state index is 11.5. The highest BCUT2D eigenvalue weighted by molar-refractivity contribution is 6.04. The molecule has 0 saturated carbocycles. The second kappa shape index (κ2) is 5.67. The zero-order valence-electron chi connectivity index (χ0n) is 12.2. The fraction of sp³-hybridized carbons (Fsp3) is 0.438. The topological polar surface area (TPSA) is 62.5 Å². The maximum Gasteiger partial charge on any atom is 0.337 e. The maximum absolute atomic E-state index is 11.5. The van der Waals surface area contributed by atoms with E-state index >= 15 is 0 Å². The molecule has 0 radical (unpaired) electrons. The molecule has 1 aromatic heterocycles. The number of carboxylic acid groups (broad SMARTS) is 1. The number of carboxylic acids is 1. The standard InChI is InChI=1S/C16H21NO3/c1-4-11-7-12-14(10(2)3)9-17(5-6-18)15(12)13(8-11)16(19)20/h7-10,18H,4-6H2,1-3H3,(H,19,20). The van der Waals surface area contributed by atoms with E-state index in [2.05, 4.69) is 19.9 Å². The Bertz CT molecular complexity index is 641. The first-order valence-corrected chi connectivity index (χ1v) is 6.99. The van der Waals surface area contributed by atoms with Crippen LogP contribution in [0.5, 0.6) is 0 Å². The van der Waals surface area contributed by atoms with E-state index in [0.717, 1.165) is 22.9 Å². The van der Waals surface area contributed by atoms with Gasteiger partial charge in [0.25, 0.3) is 0 Å². The molecule has 0 amide bonds. The van der Waals surface area contributed by atoms with E-state index in [-0.39, 0.29) is 6.61 Å². The van der Waals surface area contributed by atoms with Crippen molar-refractivity contribution in [2.24, 2.45) is 0 Å². The van der Waals surface area contributed by atoms with E-state index in [1.807, 2.05) is 17.7 Å². The van der Waals surface area contributed by atoms with E-state index < -0.39 is 5.97 Å². The zero-order chi connectivity index (χ0) is 14.9. The first-order valence-electron chi connectivity index (χ1n) is 6.99. The molecule has 4 nitrogen and oxygen atoms in total. The lowest BCUT2D eigenvalue weighted by Crippen LogP contribution is -2.06. The Morgan fingerprint density at radius 3 is 2.55 bits per heavy atom. The average Bonchev–Trinajstić information content (AvgIpc) is 2.77. The van der Waals surface area contributed by atoms with Crippen LogP contribution in [-0.4, -0.2) is 27.4 Å². The summed E-state index contributed by atoms with van der Waals surface area (Å²) in [6, 6.07) is 3.81. The highest BCUT2D eigenvalue weighted by Crippen LogP contribution is 2.31. The van der Waals surface area contributed by atoms with Gasteiger partial charge in [0.05, 0.1) is 17.7 Å². The minimum Gasteiger partial charge on any atom is -0.478 e. The molecule has 4 heteroatoms. The number of aromatic carboxylic acids is 1. The molecule has 1 heterocycles. The van der Waals surface area contributed by atoms with E-state index in [4.69, 9.17) is 0 Å². The quantitative estimate of drug-likeness (QED) is 0.881. The van der Waals surface area contributed by atoms with E-state index in [1.165, 1.54) is 0 Å². The Morgan fingerprint density at radius 1 is 1.35 bits per heavy atom. The number of fused-ring (bicyclic) bond motifs is 1. The Balaban J connectivity index is 2.84. The van der Waals surface area contributed by atoms with Crippen molar-refractivity contribution in [3.8, 4) is 0 Å². The highest BCUT2D eigenvalue weighted by atomic mass is 16.4. The number of aliphatic hydroxyl groups excluding tert-OH is 1. The van der Waals surface area contributed by atoms with Crippen molar-refractivity contribution in [1.29, 1.82) is 0 Å². The summed E-state index contributed by atoms with van der Waals surface area (Å²) in [5.41, 5.74) is 3.19. The highest BCUT2D eigenvalue weighted by Gasteiger charge is 2.18. The van der Waals surface area contributed by atoms with Gasteiger partial charge in [0.2, 0.25) is 0 Å². The van der Waals surface area contributed by atoms with Crippen LogP contribution in [0.15, 0.2) is 18.3 Å². The Hall–Kier alpha value is -1.81. The number of hydrogen-bond donors (Lipinski definition) is 2. The van der Waals surface area contributed by atoms with Gasteiger partial charge < -0.3 is 14.8 Å². The van der Waals surface area contributed by atoms with Gasteiger partial charge in [-0.1, -0.05) is 20.8 Å². The first kappa shape index (κ1) is 14.6. The molecule has 0 aliphatic rings. The molecule has 0 saturated heterocycles. The number of nitrogens with zero attached hydrogens (tertiary/aromatic N) is 1. The summed E-state index contributed by atoms with van der Waals surface area (Å²) in [6.07, 6.45) is 2.77. The fourth-order valence-electron chi connectivity index (χ4n) is 2.64. The van der Waals surface area contributed by atoms with Crippen LogP contribution in [0.4, 0.5) is 0 Å². The van der Waals surface area contributed by atoms with Gasteiger partial charge in [-0.05, 0) is 35.6 Å². The Kier molecular flexibility index (Phi) is 4.14. The predicted molar refractivity (Wildman–Crippen MR) is 79.5 cm³/mol. The van der Waals surface area contributed by atoms with Crippen molar-refractivity contribution in [2.75, 3.05) is 6.61 Å². The van der Waals surface area contributed by atoms with Crippen LogP contribution in [-0.2, 0) is 13.0 Å². The van der Waals surface area contributed by atoms with Gasteiger partial charge in [-0.25, -0.2) is 4.79 Å².